The highest BCUT2D eigenvalue weighted by Gasteiger charge is 2.06. The van der Waals surface area contributed by atoms with Gasteiger partial charge in [-0.05, 0) is 30.5 Å². The molecule has 1 aromatic rings. The second kappa shape index (κ2) is 26.1. The number of unbranched alkanes of at least 4 members (excludes halogenated alkanes) is 5. The third kappa shape index (κ3) is 23.7. The first kappa shape index (κ1) is 34.0. The van der Waals surface area contributed by atoms with Gasteiger partial charge in [0.05, 0.1) is 52.9 Å². The van der Waals surface area contributed by atoms with Crippen LogP contribution in [-0.4, -0.2) is 87.0 Å². The molecule has 1 rings (SSSR count). The maximum atomic E-state index is 9.94. The number of ether oxygens (including phenoxy) is 5. The van der Waals surface area contributed by atoms with Gasteiger partial charge in [0.1, 0.15) is 12.4 Å². The van der Waals surface area contributed by atoms with Crippen molar-refractivity contribution in [1.82, 2.24) is 0 Å². The molecule has 1 atom stereocenters. The molecule has 0 radical (unpaired) electrons. The molecule has 208 valence electrons. The highest BCUT2D eigenvalue weighted by atomic mass is 16.6. The molecule has 0 aliphatic carbocycles. The molecule has 0 saturated heterocycles. The number of aryl methyl sites for hydroxylation is 1. The predicted octanol–water partition coefficient (Wildman–Crippen LogP) is 3.60. The molecule has 0 bridgehead atoms. The van der Waals surface area contributed by atoms with Crippen LogP contribution in [0.4, 0.5) is 0 Å². The van der Waals surface area contributed by atoms with Gasteiger partial charge in [0.25, 0.3) is 0 Å². The van der Waals surface area contributed by atoms with Crippen LogP contribution in [0.1, 0.15) is 51.0 Å². The van der Waals surface area contributed by atoms with Gasteiger partial charge in [-0.15, -0.1) is 0 Å². The first-order valence-corrected chi connectivity index (χ1v) is 12.7. The van der Waals surface area contributed by atoms with Crippen LogP contribution in [0.2, 0.25) is 0 Å². The zero-order valence-corrected chi connectivity index (χ0v) is 21.8. The van der Waals surface area contributed by atoms with E-state index in [2.05, 4.69) is 25.6 Å². The summed E-state index contributed by atoms with van der Waals surface area (Å²) < 4.78 is 26.6. The summed E-state index contributed by atoms with van der Waals surface area (Å²) in [5.74, 6) is -0.343. The minimum atomic E-state index is -1.01. The molecule has 0 spiro atoms. The van der Waals surface area contributed by atoms with Crippen LogP contribution < -0.4 is 4.74 Å². The molecule has 1 aromatic carbocycles. The van der Waals surface area contributed by atoms with E-state index < -0.39 is 12.3 Å². The van der Waals surface area contributed by atoms with Crippen LogP contribution in [0.3, 0.4) is 0 Å². The minimum absolute atomic E-state index is 0.0223. The second-order valence-corrected chi connectivity index (χ2v) is 7.91. The number of benzene rings is 1. The van der Waals surface area contributed by atoms with Crippen LogP contribution in [0.15, 0.2) is 36.9 Å². The molecule has 1 unspecified atom stereocenters. The number of rotatable bonds is 23. The summed E-state index contributed by atoms with van der Waals surface area (Å²) in [7, 11) is 0. The Kier molecular flexibility index (Phi) is 24.6. The monoisotopic (exact) mass is 514 g/mol. The number of hydrogen-bond donors (Lipinski definition) is 3. The molecule has 0 fully saturated rings. The maximum Gasteiger partial charge on any atom is 0.327 e. The van der Waals surface area contributed by atoms with E-state index >= 15 is 0 Å². The Balaban J connectivity index is 0.00000222. The van der Waals surface area contributed by atoms with Crippen LogP contribution in [0.5, 0.6) is 5.75 Å². The predicted molar refractivity (Wildman–Crippen MR) is 138 cm³/mol. The van der Waals surface area contributed by atoms with Gasteiger partial charge in [-0.25, -0.2) is 4.79 Å². The van der Waals surface area contributed by atoms with Gasteiger partial charge in [0.2, 0.25) is 6.29 Å². The molecule has 0 aliphatic rings. The summed E-state index contributed by atoms with van der Waals surface area (Å²) in [4.78, 5) is 9.25. The molecule has 9 nitrogen and oxygen atoms in total. The van der Waals surface area contributed by atoms with E-state index in [4.69, 9.17) is 33.9 Å². The van der Waals surface area contributed by atoms with Crippen molar-refractivity contribution in [2.24, 2.45) is 0 Å². The smallest absolute Gasteiger partial charge is 0.327 e. The van der Waals surface area contributed by atoms with Crippen molar-refractivity contribution >= 4 is 5.97 Å². The fourth-order valence-corrected chi connectivity index (χ4v) is 2.94. The third-order valence-electron chi connectivity index (χ3n) is 4.80. The number of carbonyl (C=O) groups is 1. The number of aliphatic hydroxyl groups is 2. The first-order valence-electron chi connectivity index (χ1n) is 12.7. The fraction of sp³-hybridized carbons (Fsp3) is 0.667. The molecule has 0 saturated carbocycles. The Bertz CT molecular complexity index is 622. The van der Waals surface area contributed by atoms with Crippen LogP contribution in [0.25, 0.3) is 0 Å². The minimum Gasteiger partial charge on any atom is -0.478 e. The summed E-state index contributed by atoms with van der Waals surface area (Å²) in [5, 5.41) is 26.1. The van der Waals surface area contributed by atoms with Gasteiger partial charge in [-0.3, -0.25) is 0 Å². The Morgan fingerprint density at radius 1 is 0.861 bits per heavy atom. The summed E-state index contributed by atoms with van der Waals surface area (Å²) in [6.45, 7) is 8.31. The van der Waals surface area contributed by atoms with Crippen molar-refractivity contribution in [3.05, 3.63) is 42.5 Å². The van der Waals surface area contributed by atoms with E-state index in [0.717, 1.165) is 12.5 Å². The molecule has 3 N–H and O–H groups in total. The lowest BCUT2D eigenvalue weighted by Crippen LogP contribution is -2.23. The molecular formula is C27H46O9. The summed E-state index contributed by atoms with van der Waals surface area (Å²) >= 11 is 0. The Morgan fingerprint density at radius 2 is 1.36 bits per heavy atom. The van der Waals surface area contributed by atoms with Crippen LogP contribution >= 0.6 is 0 Å². The first-order chi connectivity index (χ1) is 17.5. The highest BCUT2D eigenvalue weighted by molar-refractivity contribution is 5.78. The largest absolute Gasteiger partial charge is 0.478 e. The Morgan fingerprint density at radius 3 is 1.89 bits per heavy atom. The number of hydrogen-bond acceptors (Lipinski definition) is 8. The molecule has 0 heterocycles. The Labute approximate surface area is 216 Å². The van der Waals surface area contributed by atoms with Crippen molar-refractivity contribution in [1.29, 1.82) is 0 Å². The summed E-state index contributed by atoms with van der Waals surface area (Å²) in [5.41, 5.74) is 1.30. The lowest BCUT2D eigenvalue weighted by atomic mass is 10.0. The average Bonchev–Trinajstić information content (AvgIpc) is 2.88. The van der Waals surface area contributed by atoms with Crippen LogP contribution in [0, 0.1) is 0 Å². The molecule has 0 aromatic heterocycles. The maximum absolute atomic E-state index is 9.94. The van der Waals surface area contributed by atoms with Gasteiger partial charge in [-0.1, -0.05) is 57.7 Å². The van der Waals surface area contributed by atoms with E-state index in [-0.39, 0.29) is 13.2 Å². The number of carboxylic acid groups (broad SMARTS) is 1. The number of aliphatic carboxylic acids is 1. The lowest BCUT2D eigenvalue weighted by Gasteiger charge is -2.14. The van der Waals surface area contributed by atoms with Gasteiger partial charge in [0.15, 0.2) is 0 Å². The van der Waals surface area contributed by atoms with Crippen molar-refractivity contribution < 1.29 is 43.8 Å². The van der Waals surface area contributed by atoms with E-state index in [1.54, 1.807) is 0 Å². The Hall–Kier alpha value is -2.01. The van der Waals surface area contributed by atoms with Gasteiger partial charge in [-0.2, -0.15) is 0 Å². The van der Waals surface area contributed by atoms with Gasteiger partial charge in [0, 0.05) is 6.08 Å². The van der Waals surface area contributed by atoms with Crippen molar-refractivity contribution in [3.63, 3.8) is 0 Å². The fourth-order valence-electron chi connectivity index (χ4n) is 2.94. The summed E-state index contributed by atoms with van der Waals surface area (Å²) in [6, 6.07) is 7.91. The normalized spacial score (nSPS) is 11.4. The lowest BCUT2D eigenvalue weighted by molar-refractivity contribution is -0.131. The van der Waals surface area contributed by atoms with Gasteiger partial charge < -0.3 is 39.0 Å². The number of aliphatic hydroxyl groups excluding tert-OH is 2. The van der Waals surface area contributed by atoms with E-state index in [9.17, 15) is 9.90 Å². The van der Waals surface area contributed by atoms with Gasteiger partial charge >= 0.3 is 5.97 Å². The molecule has 0 amide bonds. The summed E-state index contributed by atoms with van der Waals surface area (Å²) in [6.07, 6.45) is 8.69. The van der Waals surface area contributed by atoms with Crippen molar-refractivity contribution in [3.8, 4) is 5.75 Å². The average molecular weight is 515 g/mol. The van der Waals surface area contributed by atoms with E-state index in [0.29, 0.717) is 52.0 Å². The van der Waals surface area contributed by atoms with Crippen molar-refractivity contribution in [2.45, 2.75) is 58.2 Å². The highest BCUT2D eigenvalue weighted by Crippen LogP contribution is 2.16. The zero-order chi connectivity index (χ0) is 26.7. The topological polar surface area (TPSA) is 124 Å². The van der Waals surface area contributed by atoms with E-state index in [1.165, 1.54) is 44.1 Å². The zero-order valence-electron chi connectivity index (χ0n) is 21.8. The van der Waals surface area contributed by atoms with Crippen LogP contribution in [-0.2, 0) is 30.2 Å². The van der Waals surface area contributed by atoms with Crippen molar-refractivity contribution in [2.75, 3.05) is 59.5 Å². The standard InChI is InChI=1S/C24H42O7.C3H4O2/c1-2-3-4-5-6-7-8-22-9-11-23(12-10-22)31-24(26)21-30-20-19-29-18-17-28-16-15-27-14-13-25;1-2-3(4)5/h9-12,24-26H,2-8,13-21H2,1H3;2H,1H2,(H,4,5). The second-order valence-electron chi connectivity index (χ2n) is 7.91. The SMILES string of the molecule is C=CC(=O)O.CCCCCCCCc1ccc(OC(O)COCCOCCOCCOCCO)cc1. The van der Waals surface area contributed by atoms with E-state index in [1.807, 2.05) is 12.1 Å². The molecule has 9 heteroatoms. The molecular weight excluding hydrogens is 468 g/mol. The number of carboxylic acids is 1. The quantitative estimate of drug-likeness (QED) is 0.114. The third-order valence-corrected chi connectivity index (χ3v) is 4.80. The molecule has 36 heavy (non-hydrogen) atoms. The molecule has 0 aliphatic heterocycles.